The summed E-state index contributed by atoms with van der Waals surface area (Å²) < 4.78 is 11.7. The third-order valence-electron chi connectivity index (χ3n) is 6.04. The normalized spacial score (nSPS) is 11.3. The van der Waals surface area contributed by atoms with Gasteiger partial charge in [-0.15, -0.1) is 0 Å². The Hall–Kier alpha value is -2.01. The van der Waals surface area contributed by atoms with Gasteiger partial charge in [0.2, 0.25) is 0 Å². The van der Waals surface area contributed by atoms with Crippen molar-refractivity contribution in [3.8, 4) is 11.5 Å². The van der Waals surface area contributed by atoms with Gasteiger partial charge in [-0.2, -0.15) is 22.9 Å². The molecule has 4 nitrogen and oxygen atoms in total. The van der Waals surface area contributed by atoms with Crippen molar-refractivity contribution < 1.29 is 9.47 Å². The second-order valence-corrected chi connectivity index (χ2v) is 9.65. The van der Waals surface area contributed by atoms with Gasteiger partial charge in [0.25, 0.3) is 0 Å². The first-order valence-corrected chi connectivity index (χ1v) is 14.4. The lowest BCUT2D eigenvalue weighted by molar-refractivity contribution is 0.304. The third-order valence-corrected chi connectivity index (χ3v) is 6.36. The molecule has 35 heavy (non-hydrogen) atoms. The van der Waals surface area contributed by atoms with Gasteiger partial charge in [-0.1, -0.05) is 77.6 Å². The van der Waals surface area contributed by atoms with Crippen LogP contribution >= 0.6 is 12.6 Å². The van der Waals surface area contributed by atoms with Crippen LogP contribution in [0.2, 0.25) is 0 Å². The van der Waals surface area contributed by atoms with Crippen molar-refractivity contribution in [2.75, 3.05) is 19.0 Å². The lowest BCUT2D eigenvalue weighted by Crippen LogP contribution is -1.97. The van der Waals surface area contributed by atoms with E-state index in [0.29, 0.717) is 0 Å². The molecule has 0 aliphatic rings. The first-order valence-electron chi connectivity index (χ1n) is 13.8. The quantitative estimate of drug-likeness (QED) is 0.106. The highest BCUT2D eigenvalue weighted by Gasteiger charge is 1.98. The Balaban J connectivity index is 1.58. The number of benzene rings is 2. The van der Waals surface area contributed by atoms with Gasteiger partial charge in [0.1, 0.15) is 11.5 Å². The summed E-state index contributed by atoms with van der Waals surface area (Å²) in [7, 11) is 0. The molecule has 0 bridgehead atoms. The molecule has 0 unspecified atom stereocenters. The molecule has 0 atom stereocenters. The van der Waals surface area contributed by atoms with E-state index in [9.17, 15) is 0 Å². The maximum Gasteiger partial charge on any atom is 0.119 e. The molecule has 194 valence electrons. The fourth-order valence-electron chi connectivity index (χ4n) is 3.87. The maximum atomic E-state index is 5.86. The van der Waals surface area contributed by atoms with Crippen molar-refractivity contribution in [1.29, 1.82) is 0 Å². The van der Waals surface area contributed by atoms with E-state index >= 15 is 0 Å². The Morgan fingerprint density at radius 3 is 1.29 bits per heavy atom. The van der Waals surface area contributed by atoms with Crippen LogP contribution in [0.15, 0.2) is 58.8 Å². The molecule has 2 aromatic rings. The fourth-order valence-corrected chi connectivity index (χ4v) is 4.09. The number of thiol groups is 1. The molecule has 2 aromatic carbocycles. The van der Waals surface area contributed by atoms with E-state index in [2.05, 4.69) is 29.8 Å². The zero-order chi connectivity index (χ0) is 24.8. The van der Waals surface area contributed by atoms with Gasteiger partial charge in [-0.3, -0.25) is 0 Å². The topological polar surface area (TPSA) is 43.2 Å². The Labute approximate surface area is 219 Å². The number of azo groups is 1. The minimum atomic E-state index is 0.765. The molecule has 0 aromatic heterocycles. The monoisotopic (exact) mass is 498 g/mol. The zero-order valence-electron chi connectivity index (χ0n) is 21.8. The molecule has 0 aliphatic heterocycles. The molecular weight excluding hydrogens is 452 g/mol. The lowest BCUT2D eigenvalue weighted by Gasteiger charge is -2.06. The average Bonchev–Trinajstić information content (AvgIpc) is 2.89. The van der Waals surface area contributed by atoms with Crippen molar-refractivity contribution in [2.45, 2.75) is 96.8 Å². The molecule has 0 saturated carbocycles. The number of hydrogen-bond acceptors (Lipinski definition) is 5. The largest absolute Gasteiger partial charge is 0.494 e. The van der Waals surface area contributed by atoms with E-state index in [4.69, 9.17) is 9.47 Å². The molecule has 0 fully saturated rings. The number of rotatable bonds is 21. The molecule has 2 rings (SSSR count). The van der Waals surface area contributed by atoms with Crippen molar-refractivity contribution in [2.24, 2.45) is 10.2 Å². The van der Waals surface area contributed by atoms with Crippen molar-refractivity contribution in [3.63, 3.8) is 0 Å². The Kier molecular flexibility index (Phi) is 16.9. The molecule has 0 amide bonds. The van der Waals surface area contributed by atoms with E-state index < -0.39 is 0 Å². The van der Waals surface area contributed by atoms with Crippen LogP contribution in [0, 0.1) is 0 Å². The van der Waals surface area contributed by atoms with E-state index in [0.717, 1.165) is 54.7 Å². The van der Waals surface area contributed by atoms with E-state index in [-0.39, 0.29) is 0 Å². The highest BCUT2D eigenvalue weighted by molar-refractivity contribution is 7.80. The molecule has 0 heterocycles. The molecular formula is C30H46N2O2S. The highest BCUT2D eigenvalue weighted by atomic mass is 32.1. The van der Waals surface area contributed by atoms with Crippen LogP contribution in [0.3, 0.4) is 0 Å². The first-order chi connectivity index (χ1) is 17.3. The van der Waals surface area contributed by atoms with Gasteiger partial charge in [-0.25, -0.2) is 0 Å². The van der Waals surface area contributed by atoms with Crippen LogP contribution in [0.4, 0.5) is 11.4 Å². The summed E-state index contributed by atoms with van der Waals surface area (Å²) in [6.45, 7) is 3.81. The van der Waals surface area contributed by atoms with E-state index in [1.165, 1.54) is 77.0 Å². The predicted molar refractivity (Wildman–Crippen MR) is 152 cm³/mol. The van der Waals surface area contributed by atoms with Crippen LogP contribution in [0.25, 0.3) is 0 Å². The van der Waals surface area contributed by atoms with Gasteiger partial charge in [0.15, 0.2) is 0 Å². The zero-order valence-corrected chi connectivity index (χ0v) is 22.7. The number of ether oxygens (including phenoxy) is 2. The second kappa shape index (κ2) is 20.2. The predicted octanol–water partition coefficient (Wildman–Crippen LogP) is 10.3. The summed E-state index contributed by atoms with van der Waals surface area (Å²) in [6.07, 6.45) is 17.9. The SMILES string of the molecule is CCCCCCCCCCOc1ccc(N=Nc2ccc(OCCCCCCCCS)cc2)cc1. The second-order valence-electron chi connectivity index (χ2n) is 9.20. The van der Waals surface area contributed by atoms with Gasteiger partial charge >= 0.3 is 0 Å². The first kappa shape index (κ1) is 29.2. The van der Waals surface area contributed by atoms with Crippen molar-refractivity contribution >= 4 is 24.0 Å². The van der Waals surface area contributed by atoms with Crippen molar-refractivity contribution in [1.82, 2.24) is 0 Å². The molecule has 0 aliphatic carbocycles. The molecule has 0 saturated heterocycles. The Morgan fingerprint density at radius 1 is 0.514 bits per heavy atom. The summed E-state index contributed by atoms with van der Waals surface area (Å²) in [5, 5.41) is 8.68. The van der Waals surface area contributed by atoms with Gasteiger partial charge in [-0.05, 0) is 73.5 Å². The Morgan fingerprint density at radius 2 is 0.886 bits per heavy atom. The molecule has 0 N–H and O–H groups in total. The van der Waals surface area contributed by atoms with Gasteiger partial charge in [0, 0.05) is 0 Å². The third kappa shape index (κ3) is 14.9. The highest BCUT2D eigenvalue weighted by Crippen LogP contribution is 2.23. The maximum absolute atomic E-state index is 5.86. The summed E-state index contributed by atoms with van der Waals surface area (Å²) in [4.78, 5) is 0. The average molecular weight is 499 g/mol. The van der Waals surface area contributed by atoms with E-state index in [1.54, 1.807) is 0 Å². The number of hydrogen-bond donors (Lipinski definition) is 1. The summed E-state index contributed by atoms with van der Waals surface area (Å²) >= 11 is 4.25. The van der Waals surface area contributed by atoms with E-state index in [1.807, 2.05) is 48.5 Å². The lowest BCUT2D eigenvalue weighted by atomic mass is 10.1. The van der Waals surface area contributed by atoms with Gasteiger partial charge < -0.3 is 9.47 Å². The van der Waals surface area contributed by atoms with Gasteiger partial charge in [0.05, 0.1) is 24.6 Å². The summed E-state index contributed by atoms with van der Waals surface area (Å²) in [5.74, 6) is 2.78. The van der Waals surface area contributed by atoms with Crippen molar-refractivity contribution in [3.05, 3.63) is 48.5 Å². The smallest absolute Gasteiger partial charge is 0.119 e. The summed E-state index contributed by atoms with van der Waals surface area (Å²) in [5.41, 5.74) is 1.63. The minimum Gasteiger partial charge on any atom is -0.494 e. The molecule has 0 spiro atoms. The molecule has 0 radical (unpaired) electrons. The number of unbranched alkanes of at least 4 members (excludes halogenated alkanes) is 12. The van der Waals surface area contributed by atoms with Crippen LogP contribution < -0.4 is 9.47 Å². The van der Waals surface area contributed by atoms with Crippen LogP contribution in [0.1, 0.15) is 96.8 Å². The Bertz CT molecular complexity index is 778. The van der Waals surface area contributed by atoms with Crippen LogP contribution in [-0.4, -0.2) is 19.0 Å². The minimum absolute atomic E-state index is 0.765. The fraction of sp³-hybridized carbons (Fsp3) is 0.600. The standard InChI is InChI=1S/C30H46N2O2S/c1-2-3-4-5-6-7-10-13-24-33-29-20-16-27(17-21-29)31-32-28-18-22-30(23-19-28)34-25-14-11-8-9-12-15-26-35/h16-23,35H,2-15,24-26H2,1H3. The van der Waals surface area contributed by atoms with Crippen LogP contribution in [-0.2, 0) is 0 Å². The number of nitrogens with zero attached hydrogens (tertiary/aromatic N) is 2. The summed E-state index contributed by atoms with van der Waals surface area (Å²) in [6, 6.07) is 15.6. The molecule has 5 heteroatoms. The van der Waals surface area contributed by atoms with Crippen LogP contribution in [0.5, 0.6) is 11.5 Å².